The van der Waals surface area contributed by atoms with Crippen LogP contribution in [0, 0.1) is 0 Å². The summed E-state index contributed by atoms with van der Waals surface area (Å²) in [6, 6.07) is 19.2. The van der Waals surface area contributed by atoms with E-state index >= 15 is 0 Å². The van der Waals surface area contributed by atoms with Gasteiger partial charge in [0.05, 0.1) is 5.52 Å². The first-order chi connectivity index (χ1) is 13.8. The zero-order chi connectivity index (χ0) is 20.8. The molecule has 0 saturated heterocycles. The van der Waals surface area contributed by atoms with E-state index in [1.54, 1.807) is 30.3 Å². The second-order valence-corrected chi connectivity index (χ2v) is 9.82. The van der Waals surface area contributed by atoms with Crippen molar-refractivity contribution in [1.82, 2.24) is 3.97 Å². The van der Waals surface area contributed by atoms with Gasteiger partial charge in [-0.15, -0.1) is 11.3 Å². The van der Waals surface area contributed by atoms with Gasteiger partial charge in [0.1, 0.15) is 9.90 Å². The number of aromatic carboxylic acids is 1. The van der Waals surface area contributed by atoms with Crippen LogP contribution in [0.1, 0.15) is 10.5 Å². The van der Waals surface area contributed by atoms with Crippen molar-refractivity contribution in [3.05, 3.63) is 72.4 Å². The van der Waals surface area contributed by atoms with E-state index in [1.807, 2.05) is 43.3 Å². The Morgan fingerprint density at radius 1 is 1.00 bits per heavy atom. The van der Waals surface area contributed by atoms with Crippen molar-refractivity contribution >= 4 is 43.9 Å². The van der Waals surface area contributed by atoms with Gasteiger partial charge in [-0.2, -0.15) is 8.42 Å². The smallest absolute Gasteiger partial charge is 0.353 e. The van der Waals surface area contributed by atoms with Crippen LogP contribution in [0.2, 0.25) is 0 Å². The molecule has 0 aliphatic heterocycles. The summed E-state index contributed by atoms with van der Waals surface area (Å²) < 4.78 is 27.7. The summed E-state index contributed by atoms with van der Waals surface area (Å²) in [5, 5.41) is 10.1. The van der Waals surface area contributed by atoms with Crippen LogP contribution >= 0.6 is 11.3 Å². The molecule has 0 radical (unpaired) electrons. The van der Waals surface area contributed by atoms with Gasteiger partial charge in [-0.3, -0.25) is 0 Å². The molecule has 2 aromatic carbocycles. The molecule has 2 heterocycles. The summed E-state index contributed by atoms with van der Waals surface area (Å²) in [6.45, 7) is 0. The Hall–Kier alpha value is -3.10. The Morgan fingerprint density at radius 3 is 2.34 bits per heavy atom. The molecule has 29 heavy (non-hydrogen) atoms. The first-order valence-corrected chi connectivity index (χ1v) is 11.0. The number of benzene rings is 2. The van der Waals surface area contributed by atoms with E-state index in [2.05, 4.69) is 0 Å². The van der Waals surface area contributed by atoms with Crippen LogP contribution in [0.25, 0.3) is 21.3 Å². The Morgan fingerprint density at radius 2 is 1.69 bits per heavy atom. The molecule has 0 spiro atoms. The van der Waals surface area contributed by atoms with Crippen molar-refractivity contribution in [2.45, 2.75) is 4.21 Å². The van der Waals surface area contributed by atoms with Crippen LogP contribution in [0.15, 0.2) is 70.9 Å². The molecular weight excluding hydrogens is 408 g/mol. The van der Waals surface area contributed by atoms with Crippen LogP contribution in [0.5, 0.6) is 0 Å². The van der Waals surface area contributed by atoms with Gasteiger partial charge in [-0.05, 0) is 42.0 Å². The number of nitrogens with zero attached hydrogens (tertiary/aromatic N) is 2. The van der Waals surface area contributed by atoms with Crippen molar-refractivity contribution < 1.29 is 18.3 Å². The maximum atomic E-state index is 13.3. The first-order valence-electron chi connectivity index (χ1n) is 8.76. The van der Waals surface area contributed by atoms with Crippen molar-refractivity contribution in [3.8, 4) is 10.4 Å². The molecule has 0 saturated carbocycles. The largest absolute Gasteiger partial charge is 0.477 e. The van der Waals surface area contributed by atoms with Gasteiger partial charge >= 0.3 is 5.97 Å². The number of fused-ring (bicyclic) bond motifs is 1. The van der Waals surface area contributed by atoms with E-state index in [-0.39, 0.29) is 9.90 Å². The second-order valence-electron chi connectivity index (χ2n) is 6.72. The van der Waals surface area contributed by atoms with Crippen LogP contribution in [-0.4, -0.2) is 37.6 Å². The minimum Gasteiger partial charge on any atom is -0.477 e. The number of carbonyl (C=O) groups is 1. The average Bonchev–Trinajstić information content (AvgIpc) is 3.34. The number of hydrogen-bond donors (Lipinski definition) is 1. The maximum absolute atomic E-state index is 13.3. The minimum absolute atomic E-state index is 0.0908. The lowest BCUT2D eigenvalue weighted by Crippen LogP contribution is -2.17. The molecule has 4 aromatic rings. The number of carboxylic acids is 1. The van der Waals surface area contributed by atoms with Crippen LogP contribution in [0.4, 0.5) is 5.69 Å². The predicted octanol–water partition coefficient (Wildman–Crippen LogP) is 4.37. The third-order valence-electron chi connectivity index (χ3n) is 4.63. The van der Waals surface area contributed by atoms with Crippen LogP contribution in [0.3, 0.4) is 0 Å². The molecular formula is C21H18N2O4S2. The van der Waals surface area contributed by atoms with Gasteiger partial charge in [0.25, 0.3) is 10.0 Å². The number of anilines is 1. The molecule has 148 valence electrons. The van der Waals surface area contributed by atoms with E-state index in [4.69, 9.17) is 0 Å². The van der Waals surface area contributed by atoms with Crippen molar-refractivity contribution in [1.29, 1.82) is 0 Å². The normalized spacial score (nSPS) is 11.7. The average molecular weight is 427 g/mol. The summed E-state index contributed by atoms with van der Waals surface area (Å²) in [4.78, 5) is 14.5. The molecule has 1 N–H and O–H groups in total. The van der Waals surface area contributed by atoms with Crippen LogP contribution in [-0.2, 0) is 10.0 Å². The summed E-state index contributed by atoms with van der Waals surface area (Å²) in [5.41, 5.74) is 2.01. The SMILES string of the molecule is CN(C)c1ccc(-c2ccc(S(=O)(=O)n3c(C(=O)O)cc4ccccc43)s2)cc1. The first kappa shape index (κ1) is 19.2. The molecule has 0 fully saturated rings. The van der Waals surface area contributed by atoms with E-state index in [9.17, 15) is 18.3 Å². The quantitative estimate of drug-likeness (QED) is 0.513. The van der Waals surface area contributed by atoms with Gasteiger partial charge in [0.2, 0.25) is 0 Å². The Bertz CT molecular complexity index is 1320. The topological polar surface area (TPSA) is 79.6 Å². The molecule has 4 rings (SSSR count). The number of rotatable bonds is 5. The molecule has 6 nitrogen and oxygen atoms in total. The molecule has 0 aliphatic rings. The maximum Gasteiger partial charge on any atom is 0.353 e. The molecule has 0 atom stereocenters. The van der Waals surface area contributed by atoms with Gasteiger partial charge in [0, 0.05) is 30.0 Å². The Labute approximate surface area is 172 Å². The van der Waals surface area contributed by atoms with E-state index in [0.29, 0.717) is 10.9 Å². The highest BCUT2D eigenvalue weighted by Gasteiger charge is 2.27. The van der Waals surface area contributed by atoms with Crippen molar-refractivity contribution in [2.75, 3.05) is 19.0 Å². The molecule has 0 bridgehead atoms. The Balaban J connectivity index is 1.81. The fraction of sp³-hybridized carbons (Fsp3) is 0.0952. The zero-order valence-electron chi connectivity index (χ0n) is 15.7. The number of thiophene rings is 1. The minimum atomic E-state index is -4.06. The molecule has 2 aromatic heterocycles. The summed E-state index contributed by atoms with van der Waals surface area (Å²) in [6.07, 6.45) is 0. The number of aromatic nitrogens is 1. The lowest BCUT2D eigenvalue weighted by atomic mass is 10.2. The van der Waals surface area contributed by atoms with Gasteiger partial charge in [-0.25, -0.2) is 8.77 Å². The number of carboxylic acid groups (broad SMARTS) is 1. The summed E-state index contributed by atoms with van der Waals surface area (Å²) >= 11 is 1.12. The van der Waals surface area contributed by atoms with Crippen molar-refractivity contribution in [3.63, 3.8) is 0 Å². The highest BCUT2D eigenvalue weighted by atomic mass is 32.2. The fourth-order valence-corrected chi connectivity index (χ4v) is 6.06. The van der Waals surface area contributed by atoms with E-state index < -0.39 is 16.0 Å². The monoisotopic (exact) mass is 426 g/mol. The van der Waals surface area contributed by atoms with E-state index in [1.165, 1.54) is 12.1 Å². The predicted molar refractivity (Wildman–Crippen MR) is 116 cm³/mol. The third kappa shape index (κ3) is 3.30. The standard InChI is InChI=1S/C21H18N2O4S2/c1-22(2)16-9-7-14(8-10-16)19-11-12-20(28-19)29(26,27)23-17-6-4-3-5-15(17)13-18(23)21(24)25/h3-13H,1-2H3,(H,24,25). The van der Waals surface area contributed by atoms with Crippen LogP contribution < -0.4 is 4.90 Å². The number of para-hydroxylation sites is 1. The lowest BCUT2D eigenvalue weighted by Gasteiger charge is -2.12. The second kappa shape index (κ2) is 7.06. The Kier molecular flexibility index (Phi) is 4.68. The lowest BCUT2D eigenvalue weighted by molar-refractivity contribution is 0.0689. The highest BCUT2D eigenvalue weighted by Crippen LogP contribution is 2.34. The van der Waals surface area contributed by atoms with E-state index in [0.717, 1.165) is 31.4 Å². The summed E-state index contributed by atoms with van der Waals surface area (Å²) in [5.74, 6) is -1.29. The molecule has 0 amide bonds. The highest BCUT2D eigenvalue weighted by molar-refractivity contribution is 7.92. The van der Waals surface area contributed by atoms with Gasteiger partial charge < -0.3 is 10.0 Å². The van der Waals surface area contributed by atoms with Crippen molar-refractivity contribution in [2.24, 2.45) is 0 Å². The molecule has 0 aliphatic carbocycles. The fourth-order valence-electron chi connectivity index (χ4n) is 3.17. The summed E-state index contributed by atoms with van der Waals surface area (Å²) in [7, 11) is -0.159. The van der Waals surface area contributed by atoms with Gasteiger partial charge in [0.15, 0.2) is 0 Å². The zero-order valence-corrected chi connectivity index (χ0v) is 17.4. The van der Waals surface area contributed by atoms with Gasteiger partial charge in [-0.1, -0.05) is 30.3 Å². The molecule has 8 heteroatoms. The molecule has 0 unspecified atom stereocenters. The number of hydrogen-bond acceptors (Lipinski definition) is 5. The third-order valence-corrected chi connectivity index (χ3v) is 7.96.